The summed E-state index contributed by atoms with van der Waals surface area (Å²) in [7, 11) is -3.04. The number of nitrogens with zero attached hydrogens (tertiary/aromatic N) is 5. The van der Waals surface area contributed by atoms with Gasteiger partial charge in [0.05, 0.1) is 41.3 Å². The summed E-state index contributed by atoms with van der Waals surface area (Å²) >= 11 is 0. The van der Waals surface area contributed by atoms with Gasteiger partial charge >= 0.3 is 0 Å². The standard InChI is InChI=1S/C53H37N5Si/c1-4-18-39(19-5-1)59(40-20-6-2-7-21-40,41-22-8-3-9-23-41)42-34-32-38(33-35-42)51-54-52-56-53(55-51)58-48-29-13-11-25-44(48)46-27-15-17-37(50(46)58)31-30-36-16-14-26-45-43-24-10-12-28-47(43)57(52)49(36)45/h1-29,32-35H,30-31H2/i10D,11D,12D,13D,14D,15D,16D,17D,24D,25D,26D,27D,28D,29D. The molecule has 5 nitrogen and oxygen atoms in total. The molecule has 0 amide bonds. The summed E-state index contributed by atoms with van der Waals surface area (Å²) in [5.41, 5.74) is 0.492. The van der Waals surface area contributed by atoms with E-state index in [9.17, 15) is 11.0 Å². The average Bonchev–Trinajstić information content (AvgIpc) is 3.98. The van der Waals surface area contributed by atoms with E-state index < -0.39 is 92.7 Å². The van der Waals surface area contributed by atoms with Crippen molar-refractivity contribution in [1.82, 2.24) is 24.1 Å². The smallest absolute Gasteiger partial charge is 0.240 e. The zero-order chi connectivity index (χ0) is 51.1. The van der Waals surface area contributed by atoms with E-state index in [1.165, 1.54) is 9.13 Å². The Hall–Kier alpha value is -7.41. The molecule has 278 valence electrons. The summed E-state index contributed by atoms with van der Waals surface area (Å²) in [5.74, 6) is -0.486. The number of fused-ring (bicyclic) bond motifs is 10. The molecule has 0 saturated heterocycles. The van der Waals surface area contributed by atoms with E-state index in [0.717, 1.165) is 20.7 Å². The van der Waals surface area contributed by atoms with Crippen LogP contribution in [-0.2, 0) is 12.8 Å². The van der Waals surface area contributed by atoms with E-state index in [-0.39, 0.29) is 85.3 Å². The van der Waals surface area contributed by atoms with Gasteiger partial charge in [-0.1, -0.05) is 188 Å². The largest absolute Gasteiger partial charge is 0.277 e. The minimum absolute atomic E-state index is 0.00980. The lowest BCUT2D eigenvalue weighted by atomic mass is 10.00. The monoisotopic (exact) mass is 785 g/mol. The van der Waals surface area contributed by atoms with Gasteiger partial charge < -0.3 is 0 Å². The number of hydrogen-bond acceptors (Lipinski definition) is 3. The molecule has 0 fully saturated rings. The van der Waals surface area contributed by atoms with Crippen LogP contribution in [0.2, 0.25) is 0 Å². The van der Waals surface area contributed by atoms with Crippen molar-refractivity contribution < 1.29 is 19.2 Å². The maximum absolute atomic E-state index is 9.39. The first kappa shape index (κ1) is 22.5. The second-order valence-electron chi connectivity index (χ2n) is 14.5. The molecule has 0 aliphatic carbocycles. The Morgan fingerprint density at radius 3 is 1.27 bits per heavy atom. The Morgan fingerprint density at radius 2 is 0.814 bits per heavy atom. The zero-order valence-corrected chi connectivity index (χ0v) is 32.1. The van der Waals surface area contributed by atoms with Gasteiger partial charge in [-0.15, -0.1) is 0 Å². The highest BCUT2D eigenvalue weighted by atomic mass is 28.3. The molecular formula is C53H37N5Si. The topological polar surface area (TPSA) is 48.5 Å². The van der Waals surface area contributed by atoms with Gasteiger partial charge in [0.15, 0.2) is 13.9 Å². The molecule has 0 radical (unpaired) electrons. The number of para-hydroxylation sites is 4. The molecule has 11 aromatic rings. The Balaban J connectivity index is 1.25. The third kappa shape index (κ3) is 5.06. The van der Waals surface area contributed by atoms with Crippen molar-refractivity contribution in [2.24, 2.45) is 0 Å². The lowest BCUT2D eigenvalue weighted by molar-refractivity contribution is 0.892. The number of rotatable bonds is 5. The molecule has 3 aromatic heterocycles. The van der Waals surface area contributed by atoms with Crippen LogP contribution in [0.25, 0.3) is 66.9 Å². The van der Waals surface area contributed by atoms with Crippen molar-refractivity contribution >= 4 is 72.4 Å². The Labute approximate surface area is 362 Å². The van der Waals surface area contributed by atoms with Gasteiger partial charge in [-0.3, -0.25) is 9.13 Å². The number of benzene rings is 8. The fourth-order valence-corrected chi connectivity index (χ4v) is 13.6. The van der Waals surface area contributed by atoms with Crippen LogP contribution in [0.4, 0.5) is 0 Å². The lowest BCUT2D eigenvalue weighted by Gasteiger charge is -2.34. The molecule has 1 aliphatic heterocycles. The first-order valence-electron chi connectivity index (χ1n) is 26.2. The van der Waals surface area contributed by atoms with E-state index in [4.69, 9.17) is 23.2 Å². The van der Waals surface area contributed by atoms with Crippen LogP contribution in [0.3, 0.4) is 0 Å². The van der Waals surface area contributed by atoms with Crippen molar-refractivity contribution in [3.8, 4) is 23.3 Å². The van der Waals surface area contributed by atoms with Crippen molar-refractivity contribution in [2.45, 2.75) is 12.8 Å². The van der Waals surface area contributed by atoms with Crippen LogP contribution in [-0.4, -0.2) is 32.2 Å². The first-order valence-corrected chi connectivity index (χ1v) is 21.2. The molecule has 1 aliphatic rings. The van der Waals surface area contributed by atoms with Crippen molar-refractivity contribution in [3.63, 3.8) is 0 Å². The normalized spacial score (nSPS) is 15.9. The van der Waals surface area contributed by atoms with E-state index in [0.29, 0.717) is 5.56 Å². The molecule has 12 rings (SSSR count). The fraction of sp³-hybridized carbons (Fsp3) is 0.0377. The highest BCUT2D eigenvalue weighted by Gasteiger charge is 2.41. The molecule has 59 heavy (non-hydrogen) atoms. The molecule has 0 N–H and O–H groups in total. The average molecular weight is 786 g/mol. The lowest BCUT2D eigenvalue weighted by Crippen LogP contribution is -2.74. The van der Waals surface area contributed by atoms with Gasteiger partial charge in [-0.25, -0.2) is 0 Å². The van der Waals surface area contributed by atoms with Gasteiger partial charge in [-0.05, 0) is 56.8 Å². The van der Waals surface area contributed by atoms with Crippen LogP contribution < -0.4 is 20.7 Å². The summed E-state index contributed by atoms with van der Waals surface area (Å²) in [6.07, 6.45) is -0.330. The van der Waals surface area contributed by atoms with Crippen LogP contribution in [0.15, 0.2) is 200 Å². The van der Waals surface area contributed by atoms with Crippen molar-refractivity contribution in [1.29, 1.82) is 0 Å². The molecule has 0 saturated carbocycles. The number of aromatic nitrogens is 5. The molecule has 0 unspecified atom stereocenters. The van der Waals surface area contributed by atoms with Gasteiger partial charge in [0, 0.05) is 27.1 Å². The molecule has 0 atom stereocenters. The Kier molecular flexibility index (Phi) is 5.09. The quantitative estimate of drug-likeness (QED) is 0.129. The molecule has 8 aromatic carbocycles. The molecule has 6 heteroatoms. The number of hydrogen-bond donors (Lipinski definition) is 0. The second kappa shape index (κ2) is 13.3. The molecular weight excluding hydrogens is 735 g/mol. The van der Waals surface area contributed by atoms with E-state index in [1.54, 1.807) is 0 Å². The van der Waals surface area contributed by atoms with Gasteiger partial charge in [-0.2, -0.15) is 15.0 Å². The first-order chi connectivity index (χ1) is 35.1. The highest BCUT2D eigenvalue weighted by Crippen LogP contribution is 2.38. The summed E-state index contributed by atoms with van der Waals surface area (Å²) in [5, 5.41) is 4.10. The number of aryl methyl sites for hydroxylation is 2. The summed E-state index contributed by atoms with van der Waals surface area (Å²) in [6, 6.07) is 31.6. The van der Waals surface area contributed by atoms with E-state index in [2.05, 4.69) is 36.4 Å². The van der Waals surface area contributed by atoms with Crippen LogP contribution in [0, 0.1) is 0 Å². The summed E-state index contributed by atoms with van der Waals surface area (Å²) in [4.78, 5) is 15.1. The van der Waals surface area contributed by atoms with Crippen LogP contribution >= 0.6 is 0 Å². The van der Waals surface area contributed by atoms with E-state index in [1.807, 2.05) is 78.9 Å². The van der Waals surface area contributed by atoms with Gasteiger partial charge in [0.2, 0.25) is 11.9 Å². The predicted octanol–water partition coefficient (Wildman–Crippen LogP) is 9.21. The Morgan fingerprint density at radius 1 is 0.407 bits per heavy atom. The predicted molar refractivity (Wildman–Crippen MR) is 245 cm³/mol. The third-order valence-electron chi connectivity index (χ3n) is 11.4. The SMILES string of the molecule is [2H]c1c([2H])c([2H])c2c(c1[2H])c1c([2H])c([2H])c([2H])c3c1n2-c1nc(-c2ccc([Si](c4ccccc4)(c4ccccc4)c4ccccc4)cc2)nc(n1)-n1c2c([2H])c([2H])c([2H])c([2H])c2c2c([2H])c([2H])c([2H])c(c21)CC3. The van der Waals surface area contributed by atoms with E-state index >= 15 is 0 Å². The minimum atomic E-state index is -3.04. The second-order valence-corrected chi connectivity index (χ2v) is 18.3. The van der Waals surface area contributed by atoms with Gasteiger partial charge in [0.25, 0.3) is 0 Å². The maximum Gasteiger partial charge on any atom is 0.240 e. The zero-order valence-electron chi connectivity index (χ0n) is 45.1. The maximum atomic E-state index is 9.39. The van der Waals surface area contributed by atoms with Crippen LogP contribution in [0.5, 0.6) is 0 Å². The van der Waals surface area contributed by atoms with Crippen LogP contribution in [0.1, 0.15) is 30.3 Å². The molecule has 2 bridgehead atoms. The Bertz CT molecular complexity index is 3910. The minimum Gasteiger partial charge on any atom is -0.277 e. The van der Waals surface area contributed by atoms with Crippen molar-refractivity contribution in [2.75, 3.05) is 0 Å². The third-order valence-corrected chi connectivity index (χ3v) is 16.2. The summed E-state index contributed by atoms with van der Waals surface area (Å²) < 4.78 is 131. The highest BCUT2D eigenvalue weighted by molar-refractivity contribution is 7.19. The molecule has 0 spiro atoms. The van der Waals surface area contributed by atoms with Crippen molar-refractivity contribution in [3.05, 3.63) is 211 Å². The molecule has 4 heterocycles. The van der Waals surface area contributed by atoms with Gasteiger partial charge in [0.1, 0.15) is 0 Å². The summed E-state index contributed by atoms with van der Waals surface area (Å²) in [6.45, 7) is 0. The fourth-order valence-electron chi connectivity index (χ4n) is 8.89.